The van der Waals surface area contributed by atoms with Crippen molar-refractivity contribution in [2.24, 2.45) is 0 Å². The second-order valence-corrected chi connectivity index (χ2v) is 10.5. The first kappa shape index (κ1) is 27.0. The van der Waals surface area contributed by atoms with Crippen LogP contribution >= 0.6 is 46.6 Å². The number of carbonyl (C=O) groups is 1. The molecule has 0 aromatic heterocycles. The van der Waals surface area contributed by atoms with E-state index >= 15 is 0 Å². The molecule has 0 atom stereocenters. The van der Waals surface area contributed by atoms with Crippen molar-refractivity contribution in [2.45, 2.75) is 12.8 Å². The van der Waals surface area contributed by atoms with E-state index in [9.17, 15) is 23.2 Å². The van der Waals surface area contributed by atoms with E-state index in [2.05, 4.69) is 28.7 Å². The second-order valence-electron chi connectivity index (χ2n) is 7.66. The van der Waals surface area contributed by atoms with Crippen LogP contribution in [-0.4, -0.2) is 17.3 Å². The van der Waals surface area contributed by atoms with Gasteiger partial charge < -0.3 is 9.47 Å². The maximum absolute atomic E-state index is 13.2. The zero-order valence-corrected chi connectivity index (χ0v) is 22.8. The van der Waals surface area contributed by atoms with Gasteiger partial charge in [0.15, 0.2) is 15.8 Å². The molecule has 0 N–H and O–H groups in total. The molecule has 1 aliphatic heterocycles. The summed E-state index contributed by atoms with van der Waals surface area (Å²) >= 11 is 8.39. The summed E-state index contributed by atoms with van der Waals surface area (Å²) in [6, 6.07) is 17.2. The van der Waals surface area contributed by atoms with Crippen molar-refractivity contribution in [3.05, 3.63) is 91.4 Å². The van der Waals surface area contributed by atoms with Crippen molar-refractivity contribution in [3.63, 3.8) is 0 Å². The van der Waals surface area contributed by atoms with Gasteiger partial charge in [-0.3, -0.25) is 9.69 Å². The Labute approximate surface area is 234 Å². The molecule has 5 nitrogen and oxygen atoms in total. The zero-order valence-electron chi connectivity index (χ0n) is 19.0. The molecule has 0 aliphatic carbocycles. The number of hydrogen-bond donors (Lipinski definition) is 0. The molecule has 1 amide bonds. The van der Waals surface area contributed by atoms with Crippen molar-refractivity contribution >= 4 is 68.6 Å². The smallest absolute Gasteiger partial charge is 0.416 e. The summed E-state index contributed by atoms with van der Waals surface area (Å²) in [5, 5.41) is 9.29. The van der Waals surface area contributed by atoms with Gasteiger partial charge in [-0.15, -0.1) is 0 Å². The number of ether oxygens (including phenoxy) is 2. The fraction of sp³-hybridized carbons (Fsp3) is 0.115. The van der Waals surface area contributed by atoms with Crippen LogP contribution in [0.2, 0.25) is 0 Å². The van der Waals surface area contributed by atoms with Crippen molar-refractivity contribution in [2.75, 3.05) is 12.0 Å². The molecule has 0 radical (unpaired) electrons. The summed E-state index contributed by atoms with van der Waals surface area (Å²) < 4.78 is 51.8. The van der Waals surface area contributed by atoms with Crippen molar-refractivity contribution < 1.29 is 27.4 Å². The quantitative estimate of drug-likeness (QED) is 0.160. The maximum atomic E-state index is 13.2. The van der Waals surface area contributed by atoms with E-state index in [4.69, 9.17) is 21.7 Å². The molecule has 0 bridgehead atoms. The number of thiocarbonyl (C=S) groups is 1. The Kier molecular flexibility index (Phi) is 8.11. The van der Waals surface area contributed by atoms with Gasteiger partial charge in [0, 0.05) is 5.56 Å². The molecule has 0 spiro atoms. The summed E-state index contributed by atoms with van der Waals surface area (Å²) in [5.74, 6) is 0.377. The monoisotopic (exact) mass is 652 g/mol. The predicted octanol–water partition coefficient (Wildman–Crippen LogP) is 7.18. The van der Waals surface area contributed by atoms with Crippen LogP contribution in [0.4, 0.5) is 18.9 Å². The number of alkyl halides is 3. The average molecular weight is 652 g/mol. The Balaban J connectivity index is 1.60. The minimum atomic E-state index is -4.54. The third-order valence-corrected chi connectivity index (χ3v) is 7.39. The zero-order chi connectivity index (χ0) is 26.7. The lowest BCUT2D eigenvalue weighted by atomic mass is 10.1. The Bertz CT molecular complexity index is 1470. The molecular formula is C26H16F3IN2O3S2. The number of thioether (sulfide) groups is 1. The van der Waals surface area contributed by atoms with Crippen LogP contribution in [0.5, 0.6) is 11.5 Å². The first-order valence-corrected chi connectivity index (χ1v) is 12.9. The molecule has 11 heteroatoms. The summed E-state index contributed by atoms with van der Waals surface area (Å²) in [6.07, 6.45) is -2.94. The molecule has 3 aromatic carbocycles. The van der Waals surface area contributed by atoms with E-state index < -0.39 is 17.6 Å². The highest BCUT2D eigenvalue weighted by Gasteiger charge is 2.36. The fourth-order valence-electron chi connectivity index (χ4n) is 3.53. The Morgan fingerprint density at radius 2 is 1.92 bits per heavy atom. The number of carbonyl (C=O) groups excluding carboxylic acids is 1. The third kappa shape index (κ3) is 5.92. The van der Waals surface area contributed by atoms with Gasteiger partial charge in [0.2, 0.25) is 0 Å². The molecule has 1 heterocycles. The van der Waals surface area contributed by atoms with Crippen LogP contribution in [0.15, 0.2) is 65.6 Å². The minimum absolute atomic E-state index is 0.0503. The second kappa shape index (κ2) is 11.1. The van der Waals surface area contributed by atoms with Crippen molar-refractivity contribution in [3.8, 4) is 17.6 Å². The lowest BCUT2D eigenvalue weighted by Crippen LogP contribution is -2.27. The third-order valence-electron chi connectivity index (χ3n) is 5.28. The Hall–Kier alpha value is -3.08. The topological polar surface area (TPSA) is 62.6 Å². The number of benzene rings is 3. The van der Waals surface area contributed by atoms with Gasteiger partial charge in [-0.05, 0) is 70.6 Å². The van der Waals surface area contributed by atoms with Crippen molar-refractivity contribution in [1.29, 1.82) is 5.26 Å². The highest BCUT2D eigenvalue weighted by Crippen LogP contribution is 2.40. The summed E-state index contributed by atoms with van der Waals surface area (Å²) in [6.45, 7) is 0.158. The summed E-state index contributed by atoms with van der Waals surface area (Å²) in [4.78, 5) is 14.4. The summed E-state index contributed by atoms with van der Waals surface area (Å²) in [7, 11) is 1.48. The number of nitrogens with zero attached hydrogens (tertiary/aromatic N) is 2. The van der Waals surface area contributed by atoms with Gasteiger partial charge >= 0.3 is 6.18 Å². The van der Waals surface area contributed by atoms with Crippen LogP contribution in [0.25, 0.3) is 6.08 Å². The average Bonchev–Trinajstić information content (AvgIpc) is 3.15. The first-order chi connectivity index (χ1) is 17.6. The fourth-order valence-corrected chi connectivity index (χ4v) is 5.61. The standard InChI is InChI=1S/C26H16F3IN2O3S2/c1-34-21-10-15(9-20(30)23(21)35-14-17-6-3-2-5-16(17)13-31)11-22-24(33)32(25(36)37-22)19-8-4-7-18(12-19)26(27,28)29/h2-12H,14H2,1H3/b22-11+. The molecule has 1 fully saturated rings. The lowest BCUT2D eigenvalue weighted by molar-refractivity contribution is -0.137. The Morgan fingerprint density at radius 3 is 2.62 bits per heavy atom. The van der Waals surface area contributed by atoms with Gasteiger partial charge in [0.1, 0.15) is 6.61 Å². The number of anilines is 1. The molecule has 4 rings (SSSR count). The van der Waals surface area contributed by atoms with Gasteiger partial charge in [-0.1, -0.05) is 48.2 Å². The highest BCUT2D eigenvalue weighted by atomic mass is 127. The number of methoxy groups -OCH3 is 1. The normalized spacial score (nSPS) is 14.7. The molecule has 0 saturated carbocycles. The van der Waals surface area contributed by atoms with Crippen LogP contribution in [0.3, 0.4) is 0 Å². The first-order valence-electron chi connectivity index (χ1n) is 10.6. The van der Waals surface area contributed by atoms with Gasteiger partial charge in [0.25, 0.3) is 5.91 Å². The van der Waals surface area contributed by atoms with Gasteiger partial charge in [-0.2, -0.15) is 18.4 Å². The molecule has 3 aromatic rings. The molecule has 188 valence electrons. The van der Waals surface area contributed by atoms with E-state index in [0.29, 0.717) is 26.2 Å². The summed E-state index contributed by atoms with van der Waals surface area (Å²) in [5.41, 5.74) is 1.04. The molecule has 37 heavy (non-hydrogen) atoms. The number of rotatable bonds is 6. The van der Waals surface area contributed by atoms with E-state index in [-0.39, 0.29) is 21.5 Å². The van der Waals surface area contributed by atoms with E-state index in [1.165, 1.54) is 19.2 Å². The molecule has 1 saturated heterocycles. The molecular weight excluding hydrogens is 636 g/mol. The van der Waals surface area contributed by atoms with Crippen LogP contribution in [0.1, 0.15) is 22.3 Å². The molecule has 0 unspecified atom stereocenters. The van der Waals surface area contributed by atoms with E-state index in [1.54, 1.807) is 36.4 Å². The largest absolute Gasteiger partial charge is 0.493 e. The van der Waals surface area contributed by atoms with E-state index in [0.717, 1.165) is 34.4 Å². The lowest BCUT2D eigenvalue weighted by Gasteiger charge is -2.16. The van der Waals surface area contributed by atoms with E-state index in [1.807, 2.05) is 6.07 Å². The van der Waals surface area contributed by atoms with Gasteiger partial charge in [0.05, 0.1) is 38.5 Å². The molecule has 1 aliphatic rings. The number of amides is 1. The Morgan fingerprint density at radius 1 is 1.16 bits per heavy atom. The SMILES string of the molecule is COc1cc(/C=C2/SC(=S)N(c3cccc(C(F)(F)F)c3)C2=O)cc(I)c1OCc1ccccc1C#N. The van der Waals surface area contributed by atoms with Crippen LogP contribution in [-0.2, 0) is 17.6 Å². The highest BCUT2D eigenvalue weighted by molar-refractivity contribution is 14.1. The van der Waals surface area contributed by atoms with Crippen molar-refractivity contribution in [1.82, 2.24) is 0 Å². The number of hydrogen-bond acceptors (Lipinski definition) is 6. The van der Waals surface area contributed by atoms with Gasteiger partial charge in [-0.25, -0.2) is 0 Å². The maximum Gasteiger partial charge on any atom is 0.416 e. The number of nitriles is 1. The van der Waals surface area contributed by atoms with Crippen LogP contribution in [0, 0.1) is 14.9 Å². The van der Waals surface area contributed by atoms with Crippen LogP contribution < -0.4 is 14.4 Å². The predicted molar refractivity (Wildman–Crippen MR) is 148 cm³/mol. The number of halogens is 4. The minimum Gasteiger partial charge on any atom is -0.493 e.